The molecule has 0 fully saturated rings. The molecule has 1 atom stereocenters. The van der Waals surface area contributed by atoms with Gasteiger partial charge in [0.05, 0.1) is 0 Å². The van der Waals surface area contributed by atoms with Gasteiger partial charge >= 0.3 is 0 Å². The van der Waals surface area contributed by atoms with Crippen molar-refractivity contribution >= 4 is 17.5 Å². The van der Waals surface area contributed by atoms with Gasteiger partial charge in [-0.3, -0.25) is 4.79 Å². The molecule has 0 radical (unpaired) electrons. The van der Waals surface area contributed by atoms with Crippen LogP contribution in [0.1, 0.15) is 22.9 Å². The Morgan fingerprint density at radius 3 is 2.43 bits per heavy atom. The van der Waals surface area contributed by atoms with Gasteiger partial charge < -0.3 is 5.73 Å². The number of rotatable bonds is 3. The predicted molar refractivity (Wildman–Crippen MR) is 49.2 cm³/mol. The summed E-state index contributed by atoms with van der Waals surface area (Å²) in [6.45, 7) is 0. The van der Waals surface area contributed by atoms with Crippen LogP contribution in [-0.4, -0.2) is 5.91 Å². The fraction of sp³-hybridized carbons (Fsp3) is 0.222. The summed E-state index contributed by atoms with van der Waals surface area (Å²) in [5, 5.41) is -1.06. The van der Waals surface area contributed by atoms with Crippen LogP contribution < -0.4 is 5.73 Å². The Hall–Kier alpha value is -1.16. The summed E-state index contributed by atoms with van der Waals surface area (Å²) in [4.78, 5) is 10.7. The number of amides is 1. The average Bonchev–Trinajstić information content (AvgIpc) is 2.16. The first-order valence-corrected chi connectivity index (χ1v) is 4.27. The van der Waals surface area contributed by atoms with Gasteiger partial charge in [0.25, 0.3) is 6.43 Å². The number of benzene rings is 1. The Morgan fingerprint density at radius 1 is 1.36 bits per heavy atom. The quantitative estimate of drug-likeness (QED) is 0.780. The molecular weight excluding hydrogens is 212 g/mol. The summed E-state index contributed by atoms with van der Waals surface area (Å²) in [7, 11) is 0. The third-order valence-corrected chi connectivity index (χ3v) is 2.17. The molecule has 0 aliphatic carbocycles. The van der Waals surface area contributed by atoms with Gasteiger partial charge in [-0.15, -0.1) is 11.6 Å². The zero-order valence-corrected chi connectivity index (χ0v) is 7.84. The molecule has 1 aromatic carbocycles. The molecule has 5 heteroatoms. The van der Waals surface area contributed by atoms with Crippen LogP contribution in [0.3, 0.4) is 0 Å². The lowest BCUT2D eigenvalue weighted by Gasteiger charge is -2.07. The van der Waals surface area contributed by atoms with Crippen molar-refractivity contribution in [3.63, 3.8) is 0 Å². The minimum absolute atomic E-state index is 0.172. The van der Waals surface area contributed by atoms with Gasteiger partial charge in [-0.2, -0.15) is 0 Å². The Bertz CT molecular complexity index is 343. The van der Waals surface area contributed by atoms with Gasteiger partial charge in [0, 0.05) is 5.56 Å². The van der Waals surface area contributed by atoms with Crippen molar-refractivity contribution < 1.29 is 13.6 Å². The Morgan fingerprint density at radius 2 is 1.93 bits per heavy atom. The lowest BCUT2D eigenvalue weighted by molar-refractivity contribution is -0.117. The summed E-state index contributed by atoms with van der Waals surface area (Å²) >= 11 is 5.60. The van der Waals surface area contributed by atoms with Gasteiger partial charge in [0.15, 0.2) is 0 Å². The van der Waals surface area contributed by atoms with E-state index in [1.807, 2.05) is 0 Å². The van der Waals surface area contributed by atoms with E-state index in [4.69, 9.17) is 17.3 Å². The number of primary amides is 1. The maximum atomic E-state index is 12.3. The minimum Gasteiger partial charge on any atom is -0.368 e. The predicted octanol–water partition coefficient (Wildman–Crippen LogP) is 2.39. The standard InChI is InChI=1S/C9H8ClF2NO/c10-7(9(13)14)5-2-1-3-6(4-5)8(11)12/h1-4,7-8H,(H2,13,14). The molecule has 1 amide bonds. The van der Waals surface area contributed by atoms with Gasteiger partial charge in [-0.05, 0) is 11.6 Å². The fourth-order valence-corrected chi connectivity index (χ4v) is 1.15. The molecule has 2 nitrogen and oxygen atoms in total. The molecule has 0 heterocycles. The van der Waals surface area contributed by atoms with E-state index in [9.17, 15) is 13.6 Å². The van der Waals surface area contributed by atoms with Gasteiger partial charge in [-0.1, -0.05) is 18.2 Å². The number of alkyl halides is 3. The number of nitrogens with two attached hydrogens (primary N) is 1. The zero-order chi connectivity index (χ0) is 10.7. The molecule has 0 aliphatic rings. The summed E-state index contributed by atoms with van der Waals surface area (Å²) in [5.74, 6) is -0.752. The second kappa shape index (κ2) is 4.37. The van der Waals surface area contributed by atoms with Crippen LogP contribution in [0.4, 0.5) is 8.78 Å². The number of hydrogen-bond donors (Lipinski definition) is 1. The van der Waals surface area contributed by atoms with E-state index in [-0.39, 0.29) is 11.1 Å². The monoisotopic (exact) mass is 219 g/mol. The van der Waals surface area contributed by atoms with Gasteiger partial charge in [0.1, 0.15) is 5.38 Å². The van der Waals surface area contributed by atoms with Crippen LogP contribution in [0, 0.1) is 0 Å². The second-order valence-corrected chi connectivity index (χ2v) is 3.17. The number of carbonyl (C=O) groups excluding carboxylic acids is 1. The molecule has 1 unspecified atom stereocenters. The van der Waals surface area contributed by atoms with E-state index >= 15 is 0 Å². The first kappa shape index (κ1) is 10.9. The molecule has 0 aliphatic heterocycles. The molecule has 1 aromatic rings. The average molecular weight is 220 g/mol. The molecule has 2 N–H and O–H groups in total. The highest BCUT2D eigenvalue weighted by molar-refractivity contribution is 6.30. The van der Waals surface area contributed by atoms with E-state index in [2.05, 4.69) is 0 Å². The van der Waals surface area contributed by atoms with Gasteiger partial charge in [0.2, 0.25) is 5.91 Å². The number of halogens is 3. The van der Waals surface area contributed by atoms with E-state index in [0.29, 0.717) is 0 Å². The molecule has 0 spiro atoms. The highest BCUT2D eigenvalue weighted by Gasteiger charge is 2.16. The maximum Gasteiger partial charge on any atom is 0.263 e. The smallest absolute Gasteiger partial charge is 0.263 e. The van der Waals surface area contributed by atoms with Crippen LogP contribution in [0.5, 0.6) is 0 Å². The second-order valence-electron chi connectivity index (χ2n) is 2.74. The lowest BCUT2D eigenvalue weighted by Crippen LogP contribution is -2.17. The Balaban J connectivity index is 2.99. The van der Waals surface area contributed by atoms with Crippen LogP contribution in [0.2, 0.25) is 0 Å². The van der Waals surface area contributed by atoms with Crippen molar-refractivity contribution in [2.45, 2.75) is 11.8 Å². The van der Waals surface area contributed by atoms with Crippen molar-refractivity contribution in [1.29, 1.82) is 0 Å². The molecule has 0 saturated carbocycles. The first-order valence-electron chi connectivity index (χ1n) is 3.83. The number of carbonyl (C=O) groups is 1. The van der Waals surface area contributed by atoms with E-state index in [1.54, 1.807) is 0 Å². The highest BCUT2D eigenvalue weighted by atomic mass is 35.5. The fourth-order valence-electron chi connectivity index (χ4n) is 1.02. The molecule has 0 aromatic heterocycles. The summed E-state index contributed by atoms with van der Waals surface area (Å²) in [6.07, 6.45) is -2.58. The summed E-state index contributed by atoms with van der Waals surface area (Å²) in [6, 6.07) is 5.33. The molecule has 1 rings (SSSR count). The zero-order valence-electron chi connectivity index (χ0n) is 7.08. The molecule has 0 saturated heterocycles. The lowest BCUT2D eigenvalue weighted by atomic mass is 10.1. The van der Waals surface area contributed by atoms with Gasteiger partial charge in [-0.25, -0.2) is 8.78 Å². The van der Waals surface area contributed by atoms with Crippen LogP contribution in [0.25, 0.3) is 0 Å². The molecular formula is C9H8ClF2NO. The van der Waals surface area contributed by atoms with Crippen molar-refractivity contribution in [2.75, 3.05) is 0 Å². The van der Waals surface area contributed by atoms with Crippen molar-refractivity contribution in [2.24, 2.45) is 5.73 Å². The summed E-state index contributed by atoms with van der Waals surface area (Å²) < 4.78 is 24.5. The van der Waals surface area contributed by atoms with Crippen molar-refractivity contribution in [3.8, 4) is 0 Å². The topological polar surface area (TPSA) is 43.1 Å². The first-order chi connectivity index (χ1) is 6.52. The highest BCUT2D eigenvalue weighted by Crippen LogP contribution is 2.25. The molecule has 76 valence electrons. The van der Waals surface area contributed by atoms with E-state index in [1.165, 1.54) is 24.3 Å². The van der Waals surface area contributed by atoms with E-state index in [0.717, 1.165) is 0 Å². The maximum absolute atomic E-state index is 12.3. The van der Waals surface area contributed by atoms with Crippen LogP contribution in [0.15, 0.2) is 24.3 Å². The summed E-state index contributed by atoms with van der Waals surface area (Å²) in [5.41, 5.74) is 5.05. The SMILES string of the molecule is NC(=O)C(Cl)c1cccc(C(F)F)c1. The Kier molecular flexibility index (Phi) is 3.41. The largest absolute Gasteiger partial charge is 0.368 e. The Labute approximate surface area is 84.7 Å². The molecule has 14 heavy (non-hydrogen) atoms. The van der Waals surface area contributed by atoms with Crippen LogP contribution >= 0.6 is 11.6 Å². The van der Waals surface area contributed by atoms with E-state index < -0.39 is 17.7 Å². The molecule has 0 bridgehead atoms. The minimum atomic E-state index is -2.58. The normalized spacial score (nSPS) is 12.9. The third kappa shape index (κ3) is 2.42. The van der Waals surface area contributed by atoms with Crippen LogP contribution in [-0.2, 0) is 4.79 Å². The van der Waals surface area contributed by atoms with Crippen molar-refractivity contribution in [1.82, 2.24) is 0 Å². The number of hydrogen-bond acceptors (Lipinski definition) is 1. The third-order valence-electron chi connectivity index (χ3n) is 1.71. The van der Waals surface area contributed by atoms with Crippen molar-refractivity contribution in [3.05, 3.63) is 35.4 Å².